The maximum absolute atomic E-state index is 11.2. The summed E-state index contributed by atoms with van der Waals surface area (Å²) < 4.78 is 2.86. The summed E-state index contributed by atoms with van der Waals surface area (Å²) in [6.45, 7) is 0. The van der Waals surface area contributed by atoms with Crippen LogP contribution in [0.2, 0.25) is 0 Å². The van der Waals surface area contributed by atoms with Crippen LogP contribution >= 0.6 is 24.2 Å². The molecule has 1 aromatic carbocycles. The molecule has 2 amide bonds. The molecule has 1 heterocycles. The molecule has 0 aliphatic heterocycles. The molecular weight excluding hydrogens is 260 g/mol. The standard InChI is InChI=1S/C10H8N2O3S2/c13-9(14)7-4-5-2-1-3-6(8(5)17-7)11-10(15)12-16/h1-4,16H,(H,13,14)(H2,11,12,15). The molecule has 0 radical (unpaired) electrons. The summed E-state index contributed by atoms with van der Waals surface area (Å²) in [7, 11) is 0. The fourth-order valence-electron chi connectivity index (χ4n) is 1.42. The highest BCUT2D eigenvalue weighted by Gasteiger charge is 2.11. The Balaban J connectivity index is 2.49. The van der Waals surface area contributed by atoms with Gasteiger partial charge in [-0.05, 0) is 17.5 Å². The summed E-state index contributed by atoms with van der Waals surface area (Å²) >= 11 is 4.74. The Morgan fingerprint density at radius 3 is 2.76 bits per heavy atom. The molecule has 0 saturated heterocycles. The molecule has 17 heavy (non-hydrogen) atoms. The molecule has 0 spiro atoms. The van der Waals surface area contributed by atoms with Crippen molar-refractivity contribution in [3.8, 4) is 0 Å². The van der Waals surface area contributed by atoms with Crippen LogP contribution in [0.1, 0.15) is 9.67 Å². The van der Waals surface area contributed by atoms with E-state index in [9.17, 15) is 9.59 Å². The molecule has 0 aliphatic rings. The number of rotatable bonds is 2. The van der Waals surface area contributed by atoms with E-state index in [1.807, 2.05) is 0 Å². The molecule has 0 saturated carbocycles. The Morgan fingerprint density at radius 2 is 2.12 bits per heavy atom. The number of carboxylic acid groups (broad SMARTS) is 1. The van der Waals surface area contributed by atoms with Gasteiger partial charge in [0, 0.05) is 0 Å². The topological polar surface area (TPSA) is 78.4 Å². The van der Waals surface area contributed by atoms with E-state index in [4.69, 9.17) is 5.11 Å². The van der Waals surface area contributed by atoms with Gasteiger partial charge in [-0.2, -0.15) is 0 Å². The van der Waals surface area contributed by atoms with Crippen LogP contribution in [0, 0.1) is 0 Å². The van der Waals surface area contributed by atoms with E-state index in [-0.39, 0.29) is 4.88 Å². The summed E-state index contributed by atoms with van der Waals surface area (Å²) in [4.78, 5) is 22.3. The lowest BCUT2D eigenvalue weighted by Gasteiger charge is -2.04. The SMILES string of the molecule is O=C(NS)Nc1cccc2cc(C(=O)O)sc12. The van der Waals surface area contributed by atoms with E-state index in [0.717, 1.165) is 21.4 Å². The largest absolute Gasteiger partial charge is 0.477 e. The summed E-state index contributed by atoms with van der Waals surface area (Å²) in [6.07, 6.45) is 0. The van der Waals surface area contributed by atoms with E-state index >= 15 is 0 Å². The molecule has 0 unspecified atom stereocenters. The summed E-state index contributed by atoms with van der Waals surface area (Å²) in [5.74, 6) is -0.976. The Labute approximate surface area is 106 Å². The average molecular weight is 268 g/mol. The number of benzene rings is 1. The van der Waals surface area contributed by atoms with Crippen LogP contribution < -0.4 is 10.0 Å². The predicted molar refractivity (Wildman–Crippen MR) is 69.9 cm³/mol. The highest BCUT2D eigenvalue weighted by Crippen LogP contribution is 2.31. The lowest BCUT2D eigenvalue weighted by molar-refractivity contribution is 0.0702. The Hall–Kier alpha value is -1.73. The number of carboxylic acids is 1. The van der Waals surface area contributed by atoms with Gasteiger partial charge in [0.15, 0.2) is 0 Å². The molecule has 0 fully saturated rings. The van der Waals surface area contributed by atoms with Gasteiger partial charge in [0.25, 0.3) is 0 Å². The number of carbonyl (C=O) groups excluding carboxylic acids is 1. The average Bonchev–Trinajstić information content (AvgIpc) is 2.74. The van der Waals surface area contributed by atoms with Gasteiger partial charge in [0.05, 0.1) is 10.4 Å². The molecule has 88 valence electrons. The Kier molecular flexibility index (Phi) is 3.21. The summed E-state index contributed by atoms with van der Waals surface area (Å²) in [5.41, 5.74) is 0.562. The van der Waals surface area contributed by atoms with Gasteiger partial charge in [0.1, 0.15) is 4.88 Å². The maximum Gasteiger partial charge on any atom is 0.345 e. The van der Waals surface area contributed by atoms with Crippen molar-refractivity contribution in [2.45, 2.75) is 0 Å². The highest BCUT2D eigenvalue weighted by molar-refractivity contribution is 7.78. The summed E-state index contributed by atoms with van der Waals surface area (Å²) in [6, 6.07) is 6.35. The monoisotopic (exact) mass is 268 g/mol. The zero-order chi connectivity index (χ0) is 12.4. The number of urea groups is 1. The smallest absolute Gasteiger partial charge is 0.345 e. The number of carbonyl (C=O) groups is 2. The second-order valence-electron chi connectivity index (χ2n) is 3.21. The van der Waals surface area contributed by atoms with Gasteiger partial charge >= 0.3 is 12.0 Å². The van der Waals surface area contributed by atoms with Crippen LogP contribution in [0.15, 0.2) is 24.3 Å². The van der Waals surface area contributed by atoms with Crippen molar-refractivity contribution >= 4 is 51.9 Å². The minimum absolute atomic E-state index is 0.237. The first-order valence-corrected chi connectivity index (χ1v) is 5.85. The van der Waals surface area contributed by atoms with E-state index < -0.39 is 12.0 Å². The van der Waals surface area contributed by atoms with Crippen molar-refractivity contribution in [2.24, 2.45) is 0 Å². The number of amides is 2. The predicted octanol–water partition coefficient (Wildman–Crippen LogP) is 2.57. The normalized spacial score (nSPS) is 10.2. The van der Waals surface area contributed by atoms with Gasteiger partial charge in [-0.3, -0.25) is 4.72 Å². The van der Waals surface area contributed by atoms with E-state index in [2.05, 4.69) is 22.9 Å². The van der Waals surface area contributed by atoms with Crippen LogP contribution in [0.5, 0.6) is 0 Å². The first-order chi connectivity index (χ1) is 8.11. The molecule has 0 atom stereocenters. The van der Waals surface area contributed by atoms with Crippen LogP contribution in [-0.2, 0) is 0 Å². The fourth-order valence-corrected chi connectivity index (χ4v) is 2.44. The minimum Gasteiger partial charge on any atom is -0.477 e. The van der Waals surface area contributed by atoms with E-state index in [1.54, 1.807) is 24.3 Å². The lowest BCUT2D eigenvalue weighted by Crippen LogP contribution is -2.20. The number of hydrogen-bond donors (Lipinski definition) is 4. The van der Waals surface area contributed by atoms with Crippen molar-refractivity contribution in [3.05, 3.63) is 29.1 Å². The second-order valence-corrected chi connectivity index (χ2v) is 4.48. The molecule has 3 N–H and O–H groups in total. The highest BCUT2D eigenvalue weighted by atomic mass is 32.1. The number of fused-ring (bicyclic) bond motifs is 1. The lowest BCUT2D eigenvalue weighted by atomic mass is 10.2. The Morgan fingerprint density at radius 1 is 1.35 bits per heavy atom. The number of hydrogen-bond acceptors (Lipinski definition) is 4. The van der Waals surface area contributed by atoms with Crippen molar-refractivity contribution in [3.63, 3.8) is 0 Å². The van der Waals surface area contributed by atoms with Gasteiger partial charge in [-0.15, -0.1) is 11.3 Å². The minimum atomic E-state index is -0.976. The fraction of sp³-hybridized carbons (Fsp3) is 0. The molecule has 0 aliphatic carbocycles. The maximum atomic E-state index is 11.2. The summed E-state index contributed by atoms with van der Waals surface area (Å²) in [5, 5.41) is 12.3. The third-order valence-electron chi connectivity index (χ3n) is 2.10. The number of nitrogens with one attached hydrogen (secondary N) is 2. The third kappa shape index (κ3) is 2.34. The zero-order valence-electron chi connectivity index (χ0n) is 8.43. The van der Waals surface area contributed by atoms with Crippen LogP contribution in [0.25, 0.3) is 10.1 Å². The van der Waals surface area contributed by atoms with Gasteiger partial charge in [0.2, 0.25) is 0 Å². The van der Waals surface area contributed by atoms with Crippen LogP contribution in [-0.4, -0.2) is 17.1 Å². The molecule has 2 aromatic rings. The molecule has 5 nitrogen and oxygen atoms in total. The molecule has 2 rings (SSSR count). The van der Waals surface area contributed by atoms with Gasteiger partial charge in [-0.25, -0.2) is 9.59 Å². The van der Waals surface area contributed by atoms with Crippen LogP contribution in [0.4, 0.5) is 10.5 Å². The van der Waals surface area contributed by atoms with Crippen LogP contribution in [0.3, 0.4) is 0 Å². The molecular formula is C10H8N2O3S2. The van der Waals surface area contributed by atoms with Gasteiger partial charge < -0.3 is 10.4 Å². The first kappa shape index (κ1) is 11.7. The zero-order valence-corrected chi connectivity index (χ0v) is 10.1. The van der Waals surface area contributed by atoms with Crippen molar-refractivity contribution in [2.75, 3.05) is 5.32 Å². The second kappa shape index (κ2) is 4.64. The Bertz CT molecular complexity index is 594. The van der Waals surface area contributed by atoms with Crippen molar-refractivity contribution in [1.82, 2.24) is 4.72 Å². The third-order valence-corrected chi connectivity index (χ3v) is 3.48. The van der Waals surface area contributed by atoms with Crippen molar-refractivity contribution in [1.29, 1.82) is 0 Å². The molecule has 0 bridgehead atoms. The van der Waals surface area contributed by atoms with Gasteiger partial charge in [-0.1, -0.05) is 24.9 Å². The first-order valence-electron chi connectivity index (χ1n) is 4.59. The number of thiophene rings is 1. The quantitative estimate of drug-likeness (QED) is 0.632. The van der Waals surface area contributed by atoms with E-state index in [0.29, 0.717) is 5.69 Å². The number of thiol groups is 1. The molecule has 7 heteroatoms. The number of aromatic carboxylic acids is 1. The van der Waals surface area contributed by atoms with Crippen molar-refractivity contribution < 1.29 is 14.7 Å². The molecule has 1 aromatic heterocycles. The van der Waals surface area contributed by atoms with E-state index in [1.165, 1.54) is 0 Å². The number of anilines is 1.